The van der Waals surface area contributed by atoms with Crippen molar-refractivity contribution in [2.45, 2.75) is 25.7 Å². The summed E-state index contributed by atoms with van der Waals surface area (Å²) in [7, 11) is 1.60. The van der Waals surface area contributed by atoms with E-state index in [9.17, 15) is 14.0 Å². The fourth-order valence-corrected chi connectivity index (χ4v) is 5.04. The number of likely N-dealkylation sites (tertiary alicyclic amines) is 1. The number of ether oxygens (including phenoxy) is 1. The van der Waals surface area contributed by atoms with Crippen molar-refractivity contribution < 1.29 is 18.7 Å². The number of rotatable bonds is 8. The number of piperidine rings is 1. The summed E-state index contributed by atoms with van der Waals surface area (Å²) in [6.07, 6.45) is 3.84. The molecule has 2 heterocycles. The van der Waals surface area contributed by atoms with Crippen molar-refractivity contribution in [3.8, 4) is 28.8 Å². The lowest BCUT2D eigenvalue weighted by molar-refractivity contribution is -0.139. The Morgan fingerprint density at radius 2 is 1.90 bits per heavy atom. The number of carbonyl (C=O) groups is 2. The summed E-state index contributed by atoms with van der Waals surface area (Å²) in [5, 5.41) is 9.11. The lowest BCUT2D eigenvalue weighted by Crippen LogP contribution is -2.45. The third-order valence-corrected chi connectivity index (χ3v) is 7.32. The number of ketones is 1. The van der Waals surface area contributed by atoms with Crippen molar-refractivity contribution in [3.63, 3.8) is 0 Å². The lowest BCUT2D eigenvalue weighted by Gasteiger charge is -2.31. The highest BCUT2D eigenvalue weighted by Gasteiger charge is 2.30. The molecular formula is C32H29FN4O3. The number of nitriles is 1. The molecule has 1 amide bonds. The van der Waals surface area contributed by atoms with Gasteiger partial charge in [-0.2, -0.15) is 5.26 Å². The Kier molecular flexibility index (Phi) is 8.02. The van der Waals surface area contributed by atoms with E-state index in [1.54, 1.807) is 34.8 Å². The molecule has 8 heteroatoms. The van der Waals surface area contributed by atoms with Gasteiger partial charge in [0.25, 0.3) is 0 Å². The maximum atomic E-state index is 13.6. The van der Waals surface area contributed by atoms with E-state index >= 15 is 0 Å². The number of halogens is 1. The number of methoxy groups -OCH3 is 1. The molecule has 0 radical (unpaired) electrons. The van der Waals surface area contributed by atoms with Crippen LogP contribution in [0.25, 0.3) is 16.9 Å². The number of aryl methyl sites for hydroxylation is 1. The van der Waals surface area contributed by atoms with E-state index in [4.69, 9.17) is 15.0 Å². The summed E-state index contributed by atoms with van der Waals surface area (Å²) >= 11 is 0. The third-order valence-electron chi connectivity index (χ3n) is 7.32. The Labute approximate surface area is 232 Å². The van der Waals surface area contributed by atoms with Crippen molar-refractivity contribution in [3.05, 3.63) is 102 Å². The number of aromatic nitrogens is 2. The zero-order valence-corrected chi connectivity index (χ0v) is 22.2. The molecule has 1 aliphatic heterocycles. The first kappa shape index (κ1) is 26.8. The molecule has 0 spiro atoms. The van der Waals surface area contributed by atoms with Gasteiger partial charge in [-0.05, 0) is 85.5 Å². The molecular weight excluding hydrogens is 507 g/mol. The number of benzene rings is 3. The Hall–Kier alpha value is -4.77. The lowest BCUT2D eigenvalue weighted by atomic mass is 9.89. The van der Waals surface area contributed by atoms with Crippen LogP contribution >= 0.6 is 0 Å². The maximum absolute atomic E-state index is 13.6. The van der Waals surface area contributed by atoms with E-state index in [0.717, 1.165) is 16.9 Å². The van der Waals surface area contributed by atoms with Crippen LogP contribution < -0.4 is 4.74 Å². The van der Waals surface area contributed by atoms with Crippen molar-refractivity contribution >= 4 is 11.7 Å². The number of amides is 1. The van der Waals surface area contributed by atoms with Gasteiger partial charge in [-0.3, -0.25) is 9.59 Å². The van der Waals surface area contributed by atoms with Crippen molar-refractivity contribution in [1.29, 1.82) is 5.26 Å². The molecule has 1 aliphatic rings. The minimum absolute atomic E-state index is 0.00638. The van der Waals surface area contributed by atoms with Crippen molar-refractivity contribution in [2.75, 3.05) is 20.2 Å². The summed E-state index contributed by atoms with van der Waals surface area (Å²) in [6, 6.07) is 23.1. The highest BCUT2D eigenvalue weighted by molar-refractivity contribution is 5.89. The Balaban J connectivity index is 1.28. The van der Waals surface area contributed by atoms with Crippen molar-refractivity contribution in [1.82, 2.24) is 14.5 Å². The van der Waals surface area contributed by atoms with Crippen LogP contribution in [0.4, 0.5) is 4.39 Å². The Morgan fingerprint density at radius 1 is 1.12 bits per heavy atom. The van der Waals surface area contributed by atoms with Gasteiger partial charge < -0.3 is 14.2 Å². The molecule has 1 unspecified atom stereocenters. The fourth-order valence-electron chi connectivity index (χ4n) is 5.04. The topological polar surface area (TPSA) is 88.2 Å². The van der Waals surface area contributed by atoms with E-state index in [2.05, 4.69) is 6.07 Å². The van der Waals surface area contributed by atoms with Crippen LogP contribution in [0, 0.1) is 23.1 Å². The van der Waals surface area contributed by atoms with Gasteiger partial charge >= 0.3 is 0 Å². The fraction of sp³-hybridized carbons (Fsp3) is 0.250. The molecule has 1 fully saturated rings. The number of carbonyl (C=O) groups excluding carboxylic acids is 2. The summed E-state index contributed by atoms with van der Waals surface area (Å²) < 4.78 is 20.6. The van der Waals surface area contributed by atoms with Crippen LogP contribution in [0.1, 0.15) is 29.8 Å². The van der Waals surface area contributed by atoms with Gasteiger partial charge in [0.05, 0.1) is 37.4 Å². The minimum atomic E-state index is -0.351. The van der Waals surface area contributed by atoms with Gasteiger partial charge in [0, 0.05) is 29.9 Å². The number of hydrogen-bond donors (Lipinski definition) is 0. The number of imidazole rings is 1. The SMILES string of the molecule is COc1ccc(-c2cn(-c3ccc(F)cc3)c(CC(=O)N3CCC(CCc4cccc(C#N)c4)C(=O)C3)n2)cc1. The van der Waals surface area contributed by atoms with Gasteiger partial charge in [0.1, 0.15) is 17.4 Å². The zero-order chi connectivity index (χ0) is 28.1. The van der Waals surface area contributed by atoms with Crippen LogP contribution in [0.3, 0.4) is 0 Å². The van der Waals surface area contributed by atoms with E-state index in [1.807, 2.05) is 48.7 Å². The number of nitrogens with zero attached hydrogens (tertiary/aromatic N) is 4. The third kappa shape index (κ3) is 6.10. The smallest absolute Gasteiger partial charge is 0.230 e. The molecule has 5 rings (SSSR count). The maximum Gasteiger partial charge on any atom is 0.230 e. The van der Waals surface area contributed by atoms with Gasteiger partial charge in [-0.25, -0.2) is 9.37 Å². The standard InChI is InChI=1S/C32H29FN4O3/c1-40-28-13-7-24(8-14-28)29-20-37(27-11-9-26(33)10-12-27)31(35-29)18-32(39)36-16-15-25(30(38)21-36)6-5-22-3-2-4-23(17-22)19-34/h2-4,7-14,17,20,25H,5-6,15-16,18,21H2,1H3. The average Bonchev–Trinajstić information content (AvgIpc) is 3.40. The molecule has 1 saturated heterocycles. The molecule has 7 nitrogen and oxygen atoms in total. The minimum Gasteiger partial charge on any atom is -0.497 e. The molecule has 1 aromatic heterocycles. The molecule has 4 aromatic rings. The largest absolute Gasteiger partial charge is 0.497 e. The van der Waals surface area contributed by atoms with Gasteiger partial charge in [-0.1, -0.05) is 12.1 Å². The molecule has 3 aromatic carbocycles. The zero-order valence-electron chi connectivity index (χ0n) is 22.2. The Morgan fingerprint density at radius 3 is 2.60 bits per heavy atom. The first-order chi connectivity index (χ1) is 19.4. The van der Waals surface area contributed by atoms with Gasteiger partial charge in [-0.15, -0.1) is 0 Å². The number of hydrogen-bond acceptors (Lipinski definition) is 5. The molecule has 1 atom stereocenters. The van der Waals surface area contributed by atoms with Crippen LogP contribution in [0.2, 0.25) is 0 Å². The molecule has 0 saturated carbocycles. The molecule has 0 aliphatic carbocycles. The van der Waals surface area contributed by atoms with E-state index < -0.39 is 0 Å². The first-order valence-electron chi connectivity index (χ1n) is 13.2. The molecule has 40 heavy (non-hydrogen) atoms. The predicted molar refractivity (Wildman–Crippen MR) is 148 cm³/mol. The van der Waals surface area contributed by atoms with Crippen LogP contribution in [-0.2, 0) is 22.4 Å². The number of Topliss-reactive ketones (excluding diaryl/α,β-unsaturated/α-hetero) is 1. The quantitative estimate of drug-likeness (QED) is 0.311. The summed E-state index contributed by atoms with van der Waals surface area (Å²) in [5.41, 5.74) is 3.85. The molecule has 202 valence electrons. The van der Waals surface area contributed by atoms with Crippen LogP contribution in [0.5, 0.6) is 5.75 Å². The van der Waals surface area contributed by atoms with Crippen LogP contribution in [0.15, 0.2) is 79.0 Å². The highest BCUT2D eigenvalue weighted by Crippen LogP contribution is 2.26. The highest BCUT2D eigenvalue weighted by atomic mass is 19.1. The predicted octanol–water partition coefficient (Wildman–Crippen LogP) is 5.15. The van der Waals surface area contributed by atoms with Crippen LogP contribution in [-0.4, -0.2) is 46.3 Å². The van der Waals surface area contributed by atoms with Gasteiger partial charge in [0.15, 0.2) is 5.78 Å². The second-order valence-corrected chi connectivity index (χ2v) is 9.91. The van der Waals surface area contributed by atoms with E-state index in [1.165, 1.54) is 12.1 Å². The Bertz CT molecular complexity index is 1550. The molecule has 0 bridgehead atoms. The van der Waals surface area contributed by atoms with Crippen molar-refractivity contribution in [2.24, 2.45) is 5.92 Å². The first-order valence-corrected chi connectivity index (χ1v) is 13.2. The second-order valence-electron chi connectivity index (χ2n) is 9.91. The average molecular weight is 537 g/mol. The second kappa shape index (κ2) is 12.0. The summed E-state index contributed by atoms with van der Waals surface area (Å²) in [4.78, 5) is 32.7. The van der Waals surface area contributed by atoms with Gasteiger partial charge in [0.2, 0.25) is 5.91 Å². The summed E-state index contributed by atoms with van der Waals surface area (Å²) in [6.45, 7) is 0.570. The molecule has 0 N–H and O–H groups in total. The normalized spacial score (nSPS) is 15.1. The van der Waals surface area contributed by atoms with E-state index in [-0.39, 0.29) is 36.4 Å². The summed E-state index contributed by atoms with van der Waals surface area (Å²) in [5.74, 6) is 0.643. The monoisotopic (exact) mass is 536 g/mol. The van der Waals surface area contributed by atoms with E-state index in [0.29, 0.717) is 48.6 Å².